The fraction of sp³-hybridized carbons (Fsp3) is 0.296. The second kappa shape index (κ2) is 9.57. The number of aryl methyl sites for hydroxylation is 2. The molecule has 3 heterocycles. The predicted molar refractivity (Wildman–Crippen MR) is 136 cm³/mol. The van der Waals surface area contributed by atoms with Crippen molar-refractivity contribution in [2.45, 2.75) is 26.9 Å². The molecule has 1 aliphatic heterocycles. The molecule has 0 spiro atoms. The number of hydrogen-bond acceptors (Lipinski definition) is 4. The number of pyridine rings is 1. The fourth-order valence-electron chi connectivity index (χ4n) is 4.68. The van der Waals surface area contributed by atoms with Gasteiger partial charge in [-0.2, -0.15) is 5.10 Å². The van der Waals surface area contributed by atoms with Crippen LogP contribution in [0.5, 0.6) is 0 Å². The molecule has 174 valence electrons. The molecule has 1 amide bonds. The molecule has 34 heavy (non-hydrogen) atoms. The van der Waals surface area contributed by atoms with E-state index in [0.717, 1.165) is 52.5 Å². The van der Waals surface area contributed by atoms with Crippen molar-refractivity contribution in [3.05, 3.63) is 82.6 Å². The molecule has 0 bridgehead atoms. The summed E-state index contributed by atoms with van der Waals surface area (Å²) in [7, 11) is 0. The van der Waals surface area contributed by atoms with Gasteiger partial charge in [-0.3, -0.25) is 9.69 Å². The first-order chi connectivity index (χ1) is 16.5. The van der Waals surface area contributed by atoms with Gasteiger partial charge in [-0.25, -0.2) is 9.67 Å². The maximum atomic E-state index is 13.1. The van der Waals surface area contributed by atoms with Crippen LogP contribution in [0.2, 0.25) is 5.02 Å². The van der Waals surface area contributed by atoms with Crippen molar-refractivity contribution >= 4 is 28.5 Å². The Kier molecular flexibility index (Phi) is 6.35. The number of piperazine rings is 1. The molecule has 0 saturated carbocycles. The van der Waals surface area contributed by atoms with Crippen LogP contribution in [0.4, 0.5) is 0 Å². The lowest BCUT2D eigenvalue weighted by atomic mass is 10.0. The summed E-state index contributed by atoms with van der Waals surface area (Å²) in [6.07, 6.45) is 1.80. The van der Waals surface area contributed by atoms with Crippen molar-refractivity contribution in [1.29, 1.82) is 0 Å². The van der Waals surface area contributed by atoms with Gasteiger partial charge in [0.15, 0.2) is 5.65 Å². The third kappa shape index (κ3) is 4.69. The Balaban J connectivity index is 1.28. The van der Waals surface area contributed by atoms with Gasteiger partial charge in [-0.15, -0.1) is 0 Å². The van der Waals surface area contributed by atoms with Gasteiger partial charge in [0.2, 0.25) is 5.91 Å². The van der Waals surface area contributed by atoms with Crippen molar-refractivity contribution in [2.75, 3.05) is 26.2 Å². The number of aromatic nitrogens is 3. The van der Waals surface area contributed by atoms with Crippen LogP contribution in [0.15, 0.2) is 60.8 Å². The molecule has 2 aromatic carbocycles. The van der Waals surface area contributed by atoms with E-state index < -0.39 is 0 Å². The Labute approximate surface area is 204 Å². The Bertz CT molecular complexity index is 1320. The number of hydrogen-bond donors (Lipinski definition) is 0. The standard InChI is InChI=1S/C27H28ClN5O/c1-19-4-3-5-22(16-19)24-10-11-29-27-26(24)20(2)30-33(27)18-25(34)32-14-12-31(13-15-32)17-21-6-8-23(28)9-7-21/h3-11,16H,12-15,17-18H2,1-2H3. The zero-order valence-corrected chi connectivity index (χ0v) is 20.3. The Morgan fingerprint density at radius 2 is 1.76 bits per heavy atom. The van der Waals surface area contributed by atoms with Crippen LogP contribution in [0.3, 0.4) is 0 Å². The molecule has 0 N–H and O–H groups in total. The highest BCUT2D eigenvalue weighted by atomic mass is 35.5. The quantitative estimate of drug-likeness (QED) is 0.421. The van der Waals surface area contributed by atoms with Gasteiger partial charge in [0.05, 0.1) is 5.69 Å². The van der Waals surface area contributed by atoms with E-state index in [9.17, 15) is 4.79 Å². The Morgan fingerprint density at radius 1 is 1.00 bits per heavy atom. The van der Waals surface area contributed by atoms with Crippen LogP contribution in [-0.4, -0.2) is 56.7 Å². The second-order valence-corrected chi connectivity index (χ2v) is 9.39. The number of carbonyl (C=O) groups is 1. The van der Waals surface area contributed by atoms with E-state index in [1.54, 1.807) is 10.9 Å². The van der Waals surface area contributed by atoms with Crippen molar-refractivity contribution in [3.8, 4) is 11.1 Å². The molecule has 0 atom stereocenters. The van der Waals surface area contributed by atoms with E-state index in [0.29, 0.717) is 13.1 Å². The third-order valence-corrected chi connectivity index (χ3v) is 6.72. The van der Waals surface area contributed by atoms with Crippen LogP contribution in [0, 0.1) is 13.8 Å². The van der Waals surface area contributed by atoms with Crippen molar-refractivity contribution in [2.24, 2.45) is 0 Å². The number of nitrogens with zero attached hydrogens (tertiary/aromatic N) is 5. The molecule has 0 unspecified atom stereocenters. The van der Waals surface area contributed by atoms with Gasteiger partial charge in [0.25, 0.3) is 0 Å². The van der Waals surface area contributed by atoms with E-state index in [4.69, 9.17) is 16.7 Å². The molecule has 7 heteroatoms. The van der Waals surface area contributed by atoms with Crippen LogP contribution >= 0.6 is 11.6 Å². The first-order valence-corrected chi connectivity index (χ1v) is 12.0. The average molecular weight is 474 g/mol. The first kappa shape index (κ1) is 22.6. The lowest BCUT2D eigenvalue weighted by Crippen LogP contribution is -2.49. The topological polar surface area (TPSA) is 54.3 Å². The summed E-state index contributed by atoms with van der Waals surface area (Å²) >= 11 is 5.99. The zero-order valence-electron chi connectivity index (χ0n) is 19.5. The van der Waals surface area contributed by atoms with Crippen molar-refractivity contribution in [3.63, 3.8) is 0 Å². The maximum Gasteiger partial charge on any atom is 0.244 e. The first-order valence-electron chi connectivity index (χ1n) is 11.6. The van der Waals surface area contributed by atoms with Crippen LogP contribution < -0.4 is 0 Å². The molecule has 2 aromatic heterocycles. The lowest BCUT2D eigenvalue weighted by molar-refractivity contribution is -0.133. The summed E-state index contributed by atoms with van der Waals surface area (Å²) in [4.78, 5) is 22.0. The highest BCUT2D eigenvalue weighted by Gasteiger charge is 2.23. The minimum Gasteiger partial charge on any atom is -0.339 e. The average Bonchev–Trinajstić information content (AvgIpc) is 3.16. The maximum absolute atomic E-state index is 13.1. The molecule has 1 aliphatic rings. The third-order valence-electron chi connectivity index (χ3n) is 6.47. The summed E-state index contributed by atoms with van der Waals surface area (Å²) in [5, 5.41) is 6.46. The molecule has 0 aliphatic carbocycles. The SMILES string of the molecule is Cc1cccc(-c2ccnc3c2c(C)nn3CC(=O)N2CCN(Cc3ccc(Cl)cc3)CC2)c1. The summed E-state index contributed by atoms with van der Waals surface area (Å²) in [6, 6.07) is 18.4. The molecular formula is C27H28ClN5O. The van der Waals surface area contributed by atoms with E-state index in [1.807, 2.05) is 30.0 Å². The molecule has 0 radical (unpaired) electrons. The summed E-state index contributed by atoms with van der Waals surface area (Å²) in [5.74, 6) is 0.0818. The smallest absolute Gasteiger partial charge is 0.244 e. The summed E-state index contributed by atoms with van der Waals surface area (Å²) < 4.78 is 1.76. The minimum atomic E-state index is 0.0818. The molecule has 1 fully saturated rings. The highest BCUT2D eigenvalue weighted by Crippen LogP contribution is 2.30. The van der Waals surface area contributed by atoms with E-state index in [2.05, 4.69) is 53.2 Å². The predicted octanol–water partition coefficient (Wildman–Crippen LogP) is 4.71. The van der Waals surface area contributed by atoms with E-state index in [1.165, 1.54) is 11.1 Å². The zero-order chi connectivity index (χ0) is 23.7. The minimum absolute atomic E-state index is 0.0818. The van der Waals surface area contributed by atoms with E-state index in [-0.39, 0.29) is 12.5 Å². The number of carbonyl (C=O) groups excluding carboxylic acids is 1. The molecule has 4 aromatic rings. The van der Waals surface area contributed by atoms with Gasteiger partial charge in [-0.05, 0) is 48.7 Å². The van der Waals surface area contributed by atoms with Crippen molar-refractivity contribution in [1.82, 2.24) is 24.6 Å². The van der Waals surface area contributed by atoms with Crippen LogP contribution in [0.1, 0.15) is 16.8 Å². The normalized spacial score (nSPS) is 14.6. The molecule has 5 rings (SSSR count). The van der Waals surface area contributed by atoms with Gasteiger partial charge in [-0.1, -0.05) is 53.6 Å². The van der Waals surface area contributed by atoms with Crippen LogP contribution in [-0.2, 0) is 17.9 Å². The van der Waals surface area contributed by atoms with Crippen molar-refractivity contribution < 1.29 is 4.79 Å². The van der Waals surface area contributed by atoms with E-state index >= 15 is 0 Å². The lowest BCUT2D eigenvalue weighted by Gasteiger charge is -2.34. The summed E-state index contributed by atoms with van der Waals surface area (Å²) in [6.45, 7) is 8.27. The number of fused-ring (bicyclic) bond motifs is 1. The molecule has 1 saturated heterocycles. The highest BCUT2D eigenvalue weighted by molar-refractivity contribution is 6.30. The summed E-state index contributed by atoms with van der Waals surface area (Å²) in [5.41, 5.74) is 6.32. The Morgan fingerprint density at radius 3 is 2.50 bits per heavy atom. The monoisotopic (exact) mass is 473 g/mol. The number of benzene rings is 2. The molecule has 6 nitrogen and oxygen atoms in total. The van der Waals surface area contributed by atoms with Gasteiger partial charge >= 0.3 is 0 Å². The number of halogens is 1. The second-order valence-electron chi connectivity index (χ2n) is 8.95. The number of rotatable bonds is 5. The van der Waals surface area contributed by atoms with Crippen LogP contribution in [0.25, 0.3) is 22.2 Å². The van der Waals surface area contributed by atoms with Gasteiger partial charge < -0.3 is 4.90 Å². The Hall–Kier alpha value is -3.22. The van der Waals surface area contributed by atoms with Gasteiger partial charge in [0, 0.05) is 49.3 Å². The van der Waals surface area contributed by atoms with Gasteiger partial charge in [0.1, 0.15) is 6.54 Å². The largest absolute Gasteiger partial charge is 0.339 e. The number of amides is 1. The fourth-order valence-corrected chi connectivity index (χ4v) is 4.80. The molecular weight excluding hydrogens is 446 g/mol.